The van der Waals surface area contributed by atoms with Crippen LogP contribution in [-0.2, 0) is 17.9 Å². The zero-order valence-electron chi connectivity index (χ0n) is 16.0. The Morgan fingerprint density at radius 3 is 2.89 bits per heavy atom. The zero-order valence-corrected chi connectivity index (χ0v) is 16.0. The molecule has 146 valence electrons. The largest absolute Gasteiger partial charge is 0.342 e. The molecule has 28 heavy (non-hydrogen) atoms. The van der Waals surface area contributed by atoms with Crippen LogP contribution in [0.25, 0.3) is 0 Å². The molecule has 0 radical (unpaired) electrons. The summed E-state index contributed by atoms with van der Waals surface area (Å²) < 4.78 is 3.85. The molecule has 4 heterocycles. The standard InChI is InChI=1S/C19H24N8O/c1-15-22-23-24-27(15)11-6-18(28)25-10-2-3-17(14-25)19-21-9-12-26(19)13-16-4-7-20-8-5-16/h4-5,7-9,12,17H,2-3,6,10-11,13-14H2,1H3/t17-/m0/s1. The van der Waals surface area contributed by atoms with Gasteiger partial charge in [0.1, 0.15) is 11.6 Å². The van der Waals surface area contributed by atoms with Crippen molar-refractivity contribution in [1.29, 1.82) is 0 Å². The molecule has 4 rings (SSSR count). The van der Waals surface area contributed by atoms with Crippen molar-refractivity contribution in [2.45, 2.75) is 45.2 Å². The van der Waals surface area contributed by atoms with Gasteiger partial charge in [0, 0.05) is 56.8 Å². The highest BCUT2D eigenvalue weighted by atomic mass is 16.2. The molecule has 0 bridgehead atoms. The summed E-state index contributed by atoms with van der Waals surface area (Å²) in [4.78, 5) is 23.3. The van der Waals surface area contributed by atoms with E-state index in [-0.39, 0.29) is 11.8 Å². The highest BCUT2D eigenvalue weighted by Gasteiger charge is 2.27. The number of carbonyl (C=O) groups is 1. The van der Waals surface area contributed by atoms with E-state index in [1.54, 1.807) is 17.1 Å². The van der Waals surface area contributed by atoms with Gasteiger partial charge in [-0.25, -0.2) is 9.67 Å². The number of aryl methyl sites for hydroxylation is 2. The molecule has 1 saturated heterocycles. The van der Waals surface area contributed by atoms with Gasteiger partial charge in [0.15, 0.2) is 0 Å². The summed E-state index contributed by atoms with van der Waals surface area (Å²) in [5.74, 6) is 2.17. The molecule has 3 aromatic rings. The van der Waals surface area contributed by atoms with Crippen LogP contribution in [-0.4, -0.2) is 58.6 Å². The van der Waals surface area contributed by atoms with Gasteiger partial charge in [-0.3, -0.25) is 9.78 Å². The second kappa shape index (κ2) is 8.28. The molecule has 0 saturated carbocycles. The van der Waals surface area contributed by atoms with Crippen molar-refractivity contribution in [3.8, 4) is 0 Å². The van der Waals surface area contributed by atoms with Crippen molar-refractivity contribution in [2.75, 3.05) is 13.1 Å². The Balaban J connectivity index is 1.39. The summed E-state index contributed by atoms with van der Waals surface area (Å²) in [6.45, 7) is 4.62. The molecule has 1 amide bonds. The third kappa shape index (κ3) is 4.08. The molecular formula is C19H24N8O. The van der Waals surface area contributed by atoms with Crippen LogP contribution < -0.4 is 0 Å². The van der Waals surface area contributed by atoms with Crippen LogP contribution in [0.15, 0.2) is 36.9 Å². The maximum atomic E-state index is 12.7. The number of amides is 1. The van der Waals surface area contributed by atoms with E-state index >= 15 is 0 Å². The average Bonchev–Trinajstić information content (AvgIpc) is 3.36. The van der Waals surface area contributed by atoms with Gasteiger partial charge in [-0.1, -0.05) is 0 Å². The van der Waals surface area contributed by atoms with Crippen LogP contribution in [0.2, 0.25) is 0 Å². The fourth-order valence-electron chi connectivity index (χ4n) is 3.73. The van der Waals surface area contributed by atoms with E-state index in [0.717, 1.165) is 37.6 Å². The smallest absolute Gasteiger partial charge is 0.224 e. The molecule has 1 atom stereocenters. The number of tetrazole rings is 1. The molecule has 9 nitrogen and oxygen atoms in total. The van der Waals surface area contributed by atoms with Gasteiger partial charge in [-0.05, 0) is 47.9 Å². The summed E-state index contributed by atoms with van der Waals surface area (Å²) in [6, 6.07) is 4.03. The number of piperidine rings is 1. The van der Waals surface area contributed by atoms with Gasteiger partial charge in [0.2, 0.25) is 5.91 Å². The van der Waals surface area contributed by atoms with Crippen LogP contribution in [0.5, 0.6) is 0 Å². The molecule has 3 aromatic heterocycles. The van der Waals surface area contributed by atoms with Crippen LogP contribution in [0.3, 0.4) is 0 Å². The quantitative estimate of drug-likeness (QED) is 0.642. The molecule has 0 aromatic carbocycles. The van der Waals surface area contributed by atoms with Crippen LogP contribution in [0.4, 0.5) is 0 Å². The molecule has 1 aliphatic rings. The minimum absolute atomic E-state index is 0.145. The number of nitrogens with zero attached hydrogens (tertiary/aromatic N) is 8. The Morgan fingerprint density at radius 2 is 2.11 bits per heavy atom. The predicted octanol–water partition coefficient (Wildman–Crippen LogP) is 1.42. The molecule has 0 aliphatic carbocycles. The fraction of sp³-hybridized carbons (Fsp3) is 0.474. The number of likely N-dealkylation sites (tertiary alicyclic amines) is 1. The number of hydrogen-bond acceptors (Lipinski definition) is 6. The third-order valence-electron chi connectivity index (χ3n) is 5.24. The van der Waals surface area contributed by atoms with Crippen LogP contribution in [0.1, 0.15) is 42.4 Å². The van der Waals surface area contributed by atoms with E-state index in [0.29, 0.717) is 19.5 Å². The molecular weight excluding hydrogens is 356 g/mol. The first kappa shape index (κ1) is 18.3. The third-order valence-corrected chi connectivity index (χ3v) is 5.24. The Morgan fingerprint density at radius 1 is 1.25 bits per heavy atom. The lowest BCUT2D eigenvalue weighted by Crippen LogP contribution is -2.40. The SMILES string of the molecule is Cc1nnnn1CCC(=O)N1CCC[C@H](c2nccn2Cc2ccncc2)C1. The molecule has 1 fully saturated rings. The number of pyridine rings is 1. The summed E-state index contributed by atoms with van der Waals surface area (Å²) in [5, 5.41) is 11.4. The van der Waals surface area contributed by atoms with E-state index in [4.69, 9.17) is 0 Å². The average molecular weight is 380 g/mol. The highest BCUT2D eigenvalue weighted by Crippen LogP contribution is 2.26. The molecule has 0 unspecified atom stereocenters. The zero-order chi connectivity index (χ0) is 19.3. The van der Waals surface area contributed by atoms with E-state index in [2.05, 4.69) is 30.1 Å². The van der Waals surface area contributed by atoms with Crippen LogP contribution in [0, 0.1) is 6.92 Å². The minimum atomic E-state index is 0.145. The Bertz CT molecular complexity index is 919. The number of imidazole rings is 1. The topological polar surface area (TPSA) is 94.6 Å². The second-order valence-electron chi connectivity index (χ2n) is 7.15. The maximum Gasteiger partial charge on any atom is 0.224 e. The minimum Gasteiger partial charge on any atom is -0.342 e. The highest BCUT2D eigenvalue weighted by molar-refractivity contribution is 5.76. The van der Waals surface area contributed by atoms with Crippen molar-refractivity contribution in [2.24, 2.45) is 0 Å². The Kier molecular flexibility index (Phi) is 5.41. The molecule has 0 N–H and O–H groups in total. The normalized spacial score (nSPS) is 17.0. The molecule has 0 spiro atoms. The number of rotatable bonds is 6. The summed E-state index contributed by atoms with van der Waals surface area (Å²) in [5.41, 5.74) is 1.19. The number of aromatic nitrogens is 7. The molecule has 9 heteroatoms. The Labute approximate surface area is 163 Å². The number of hydrogen-bond donors (Lipinski definition) is 0. The van der Waals surface area contributed by atoms with E-state index in [1.165, 1.54) is 5.56 Å². The second-order valence-corrected chi connectivity index (χ2v) is 7.15. The first-order valence-corrected chi connectivity index (χ1v) is 9.61. The summed E-state index contributed by atoms with van der Waals surface area (Å²) in [7, 11) is 0. The van der Waals surface area contributed by atoms with E-state index < -0.39 is 0 Å². The lowest BCUT2D eigenvalue weighted by molar-refractivity contribution is -0.132. The fourth-order valence-corrected chi connectivity index (χ4v) is 3.73. The first-order valence-electron chi connectivity index (χ1n) is 9.61. The summed E-state index contributed by atoms with van der Waals surface area (Å²) >= 11 is 0. The predicted molar refractivity (Wildman–Crippen MR) is 101 cm³/mol. The van der Waals surface area contributed by atoms with Crippen molar-refractivity contribution in [3.63, 3.8) is 0 Å². The van der Waals surface area contributed by atoms with Crippen molar-refractivity contribution in [1.82, 2.24) is 39.6 Å². The van der Waals surface area contributed by atoms with Gasteiger partial charge in [0.05, 0.1) is 6.54 Å². The van der Waals surface area contributed by atoms with Crippen molar-refractivity contribution in [3.05, 3.63) is 54.1 Å². The van der Waals surface area contributed by atoms with Gasteiger partial charge in [-0.2, -0.15) is 0 Å². The lowest BCUT2D eigenvalue weighted by atomic mass is 9.96. The first-order chi connectivity index (χ1) is 13.7. The van der Waals surface area contributed by atoms with Crippen molar-refractivity contribution < 1.29 is 4.79 Å². The Hall–Kier alpha value is -3.10. The van der Waals surface area contributed by atoms with Gasteiger partial charge in [-0.15, -0.1) is 5.10 Å². The van der Waals surface area contributed by atoms with E-state index in [1.807, 2.05) is 36.4 Å². The van der Waals surface area contributed by atoms with Gasteiger partial charge in [0.25, 0.3) is 0 Å². The lowest BCUT2D eigenvalue weighted by Gasteiger charge is -2.32. The summed E-state index contributed by atoms with van der Waals surface area (Å²) in [6.07, 6.45) is 9.91. The van der Waals surface area contributed by atoms with Crippen LogP contribution >= 0.6 is 0 Å². The van der Waals surface area contributed by atoms with Gasteiger partial charge >= 0.3 is 0 Å². The number of carbonyl (C=O) groups excluding carboxylic acids is 1. The van der Waals surface area contributed by atoms with Gasteiger partial charge < -0.3 is 9.47 Å². The monoisotopic (exact) mass is 380 g/mol. The molecule has 1 aliphatic heterocycles. The van der Waals surface area contributed by atoms with E-state index in [9.17, 15) is 4.79 Å². The maximum absolute atomic E-state index is 12.7. The van der Waals surface area contributed by atoms with Crippen molar-refractivity contribution >= 4 is 5.91 Å².